The largest absolute Gasteiger partial charge is 0.493 e. The number of fused-ring (bicyclic) bond motifs is 4. The van der Waals surface area contributed by atoms with E-state index in [1.54, 1.807) is 46.5 Å². The molecule has 2 aromatic rings. The number of hydrogen-bond acceptors (Lipinski definition) is 8. The third-order valence-corrected chi connectivity index (χ3v) is 7.37. The number of aliphatic imine (C=N–C) groups is 2. The zero-order valence-electron chi connectivity index (χ0n) is 23.0. The molecule has 4 heterocycles. The van der Waals surface area contributed by atoms with E-state index in [0.29, 0.717) is 90.3 Å². The molecule has 1 saturated heterocycles. The van der Waals surface area contributed by atoms with Crippen molar-refractivity contribution < 1.29 is 28.5 Å². The van der Waals surface area contributed by atoms with E-state index in [0.717, 1.165) is 11.1 Å². The molecule has 210 valence electrons. The second-order valence-corrected chi connectivity index (χ2v) is 10.2. The summed E-state index contributed by atoms with van der Waals surface area (Å²) in [4.78, 5) is 38.8. The quantitative estimate of drug-likeness (QED) is 0.348. The molecule has 1 atom stereocenters. The van der Waals surface area contributed by atoms with Crippen LogP contribution in [0.4, 0.5) is 11.4 Å². The van der Waals surface area contributed by atoms with Crippen LogP contribution in [0.5, 0.6) is 23.0 Å². The molecular formula is C31H30N4O6. The Morgan fingerprint density at radius 1 is 0.854 bits per heavy atom. The van der Waals surface area contributed by atoms with Crippen molar-refractivity contribution in [2.45, 2.75) is 18.9 Å². The van der Waals surface area contributed by atoms with Gasteiger partial charge in [0.05, 0.1) is 74.4 Å². The molecule has 0 radical (unpaired) electrons. The summed E-state index contributed by atoms with van der Waals surface area (Å²) >= 11 is 0. The number of amides is 2. The van der Waals surface area contributed by atoms with Gasteiger partial charge >= 0.3 is 0 Å². The van der Waals surface area contributed by atoms with Gasteiger partial charge in [-0.1, -0.05) is 18.7 Å². The highest BCUT2D eigenvalue weighted by Gasteiger charge is 2.34. The molecule has 41 heavy (non-hydrogen) atoms. The van der Waals surface area contributed by atoms with Crippen LogP contribution in [0.2, 0.25) is 0 Å². The fourth-order valence-corrected chi connectivity index (χ4v) is 5.33. The first kappa shape index (κ1) is 26.4. The van der Waals surface area contributed by atoms with Gasteiger partial charge in [-0.05, 0) is 30.2 Å². The second kappa shape index (κ2) is 10.6. The van der Waals surface area contributed by atoms with Crippen molar-refractivity contribution >= 4 is 35.6 Å². The van der Waals surface area contributed by atoms with Crippen LogP contribution in [0.15, 0.2) is 70.3 Å². The van der Waals surface area contributed by atoms with Gasteiger partial charge in [-0.25, -0.2) is 0 Å². The summed E-state index contributed by atoms with van der Waals surface area (Å²) in [5.74, 6) is 1.62. The van der Waals surface area contributed by atoms with E-state index in [1.165, 1.54) is 14.2 Å². The van der Waals surface area contributed by atoms with Crippen molar-refractivity contribution in [2.24, 2.45) is 9.98 Å². The van der Waals surface area contributed by atoms with Crippen LogP contribution in [-0.4, -0.2) is 80.6 Å². The van der Waals surface area contributed by atoms with Crippen molar-refractivity contribution in [3.63, 3.8) is 0 Å². The van der Waals surface area contributed by atoms with Gasteiger partial charge in [-0.3, -0.25) is 19.6 Å². The van der Waals surface area contributed by atoms with Gasteiger partial charge < -0.3 is 28.7 Å². The second-order valence-electron chi connectivity index (χ2n) is 10.2. The lowest BCUT2D eigenvalue weighted by Crippen LogP contribution is -2.35. The van der Waals surface area contributed by atoms with Crippen LogP contribution in [0, 0.1) is 0 Å². The third kappa shape index (κ3) is 4.86. The molecule has 10 nitrogen and oxygen atoms in total. The Morgan fingerprint density at radius 2 is 1.49 bits per heavy atom. The molecule has 2 aromatic carbocycles. The molecular weight excluding hydrogens is 524 g/mol. The molecule has 0 aromatic heterocycles. The van der Waals surface area contributed by atoms with Crippen LogP contribution < -0.4 is 18.9 Å². The van der Waals surface area contributed by atoms with E-state index in [4.69, 9.17) is 18.9 Å². The monoisotopic (exact) mass is 554 g/mol. The summed E-state index contributed by atoms with van der Waals surface area (Å²) in [6, 6.07) is 6.71. The van der Waals surface area contributed by atoms with Crippen molar-refractivity contribution in [2.75, 3.05) is 40.5 Å². The van der Waals surface area contributed by atoms with Crippen molar-refractivity contribution in [3.8, 4) is 23.0 Å². The number of benzene rings is 2. The molecule has 10 heteroatoms. The van der Waals surface area contributed by atoms with E-state index < -0.39 is 0 Å². The molecule has 1 unspecified atom stereocenters. The maximum absolute atomic E-state index is 13.2. The SMILES string of the molecule is C=C1C=C2C=Nc3cc(OCCCOc4cc5c(cc4OC)C(=O)N4CC(=C)CC4C=N5)c(OC)cc3C(=O)N2C1. The Kier molecular flexibility index (Phi) is 6.82. The van der Waals surface area contributed by atoms with E-state index in [9.17, 15) is 9.59 Å². The van der Waals surface area contributed by atoms with Crippen molar-refractivity contribution in [3.05, 3.63) is 71.5 Å². The molecule has 0 N–H and O–H groups in total. The Bertz CT molecular complexity index is 1570. The number of rotatable bonds is 8. The van der Waals surface area contributed by atoms with Gasteiger partial charge in [0.15, 0.2) is 23.0 Å². The van der Waals surface area contributed by atoms with Crippen LogP contribution in [0.1, 0.15) is 33.6 Å². The Morgan fingerprint density at radius 3 is 2.15 bits per heavy atom. The first-order valence-corrected chi connectivity index (χ1v) is 13.3. The molecule has 4 aliphatic heterocycles. The summed E-state index contributed by atoms with van der Waals surface area (Å²) < 4.78 is 23.1. The van der Waals surface area contributed by atoms with Crippen LogP contribution in [0.25, 0.3) is 0 Å². The minimum absolute atomic E-state index is 0.0853. The zero-order valence-corrected chi connectivity index (χ0v) is 23.0. The molecule has 1 fully saturated rings. The topological polar surface area (TPSA) is 102 Å². The highest BCUT2D eigenvalue weighted by atomic mass is 16.5. The predicted molar refractivity (Wildman–Crippen MR) is 155 cm³/mol. The number of ether oxygens (including phenoxy) is 4. The van der Waals surface area contributed by atoms with Gasteiger partial charge in [0.1, 0.15) is 0 Å². The highest BCUT2D eigenvalue weighted by Crippen LogP contribution is 2.40. The van der Waals surface area contributed by atoms with Gasteiger partial charge in [-0.2, -0.15) is 0 Å². The van der Waals surface area contributed by atoms with Crippen LogP contribution in [0.3, 0.4) is 0 Å². The highest BCUT2D eigenvalue weighted by molar-refractivity contribution is 6.07. The van der Waals surface area contributed by atoms with E-state index in [2.05, 4.69) is 23.1 Å². The fraction of sp³-hybridized carbons (Fsp3) is 0.290. The summed E-state index contributed by atoms with van der Waals surface area (Å²) in [6.45, 7) is 9.59. The summed E-state index contributed by atoms with van der Waals surface area (Å²) in [6.07, 6.45) is 6.58. The molecule has 0 aliphatic carbocycles. The lowest BCUT2D eigenvalue weighted by atomic mass is 10.1. The number of carbonyl (C=O) groups excluding carboxylic acids is 2. The fourth-order valence-electron chi connectivity index (χ4n) is 5.33. The van der Waals surface area contributed by atoms with Gasteiger partial charge in [-0.15, -0.1) is 0 Å². The number of methoxy groups -OCH3 is 2. The van der Waals surface area contributed by atoms with Gasteiger partial charge in [0, 0.05) is 31.3 Å². The Balaban J connectivity index is 1.12. The standard InChI is InChI=1S/C31H30N4O6/c1-18-8-20-14-32-24-12-28(26(38-3)10-22(24)30(36)34(20)16-18)40-6-5-7-41-29-13-25-23(11-27(29)39-4)31(37)35-17-19(2)9-21(35)15-33-25/h8,10-15,21H,1-2,5-7,9,16-17H2,3-4H3. The summed E-state index contributed by atoms with van der Waals surface area (Å²) in [5.41, 5.74) is 4.56. The Hall–Kier alpha value is -4.86. The number of nitrogens with zero attached hydrogens (tertiary/aromatic N) is 4. The maximum Gasteiger partial charge on any atom is 0.260 e. The minimum Gasteiger partial charge on any atom is -0.493 e. The lowest BCUT2D eigenvalue weighted by Gasteiger charge is -2.20. The number of allylic oxidation sites excluding steroid dienone is 1. The number of hydrogen-bond donors (Lipinski definition) is 0. The van der Waals surface area contributed by atoms with Crippen LogP contribution >= 0.6 is 0 Å². The smallest absolute Gasteiger partial charge is 0.260 e. The summed E-state index contributed by atoms with van der Waals surface area (Å²) in [5, 5.41) is 0. The van der Waals surface area contributed by atoms with Gasteiger partial charge in [0.25, 0.3) is 11.8 Å². The molecule has 0 saturated carbocycles. The molecule has 0 bridgehead atoms. The average Bonchev–Trinajstić information content (AvgIpc) is 3.48. The van der Waals surface area contributed by atoms with Crippen LogP contribution in [-0.2, 0) is 0 Å². The van der Waals surface area contributed by atoms with Crippen molar-refractivity contribution in [1.29, 1.82) is 0 Å². The molecule has 4 aliphatic rings. The zero-order chi connectivity index (χ0) is 28.7. The summed E-state index contributed by atoms with van der Waals surface area (Å²) in [7, 11) is 3.07. The van der Waals surface area contributed by atoms with E-state index >= 15 is 0 Å². The maximum atomic E-state index is 13.2. The number of carbonyl (C=O) groups is 2. The Labute approximate surface area is 237 Å². The van der Waals surface area contributed by atoms with Crippen molar-refractivity contribution in [1.82, 2.24) is 9.80 Å². The normalized spacial score (nSPS) is 18.8. The lowest BCUT2D eigenvalue weighted by molar-refractivity contribution is 0.0776. The third-order valence-electron chi connectivity index (χ3n) is 7.37. The van der Waals surface area contributed by atoms with Gasteiger partial charge in [0.2, 0.25) is 0 Å². The first-order chi connectivity index (χ1) is 19.9. The predicted octanol–water partition coefficient (Wildman–Crippen LogP) is 4.65. The minimum atomic E-state index is -0.160. The molecule has 2 amide bonds. The van der Waals surface area contributed by atoms with E-state index in [-0.39, 0.29) is 17.9 Å². The molecule has 0 spiro atoms. The van der Waals surface area contributed by atoms with E-state index in [1.807, 2.05) is 6.08 Å². The molecule has 6 rings (SSSR count). The average molecular weight is 555 g/mol. The first-order valence-electron chi connectivity index (χ1n) is 13.3.